The van der Waals surface area contributed by atoms with Crippen molar-refractivity contribution >= 4 is 27.3 Å². The van der Waals surface area contributed by atoms with Crippen molar-refractivity contribution in [1.82, 2.24) is 5.32 Å². The predicted molar refractivity (Wildman–Crippen MR) is 88.2 cm³/mol. The van der Waals surface area contributed by atoms with Gasteiger partial charge in [-0.05, 0) is 78.5 Å². The topological polar surface area (TPSA) is 12.0 Å². The van der Waals surface area contributed by atoms with Crippen LogP contribution < -0.4 is 5.32 Å². The molecule has 102 valence electrons. The molecule has 0 radical (unpaired) electrons. The van der Waals surface area contributed by atoms with Crippen LogP contribution in [0, 0.1) is 20.8 Å². The van der Waals surface area contributed by atoms with Gasteiger partial charge < -0.3 is 5.32 Å². The van der Waals surface area contributed by atoms with E-state index in [4.69, 9.17) is 0 Å². The van der Waals surface area contributed by atoms with Crippen molar-refractivity contribution in [2.75, 3.05) is 7.05 Å². The van der Waals surface area contributed by atoms with Crippen LogP contribution in [0.25, 0.3) is 0 Å². The minimum atomic E-state index is 0.386. The highest BCUT2D eigenvalue weighted by atomic mass is 79.9. The molecule has 2 rings (SSSR count). The lowest BCUT2D eigenvalue weighted by molar-refractivity contribution is 0.601. The fourth-order valence-corrected chi connectivity index (χ4v) is 3.85. The van der Waals surface area contributed by atoms with E-state index < -0.39 is 0 Å². The third-order valence-corrected chi connectivity index (χ3v) is 5.83. The molecule has 2 aromatic rings. The minimum absolute atomic E-state index is 0.386. The van der Waals surface area contributed by atoms with Gasteiger partial charge in [-0.1, -0.05) is 18.2 Å². The van der Waals surface area contributed by atoms with Gasteiger partial charge in [0.05, 0.1) is 3.79 Å². The molecule has 1 heterocycles. The number of rotatable bonds is 4. The number of halogens is 1. The van der Waals surface area contributed by atoms with Crippen molar-refractivity contribution in [1.29, 1.82) is 0 Å². The van der Waals surface area contributed by atoms with E-state index in [-0.39, 0.29) is 0 Å². The summed E-state index contributed by atoms with van der Waals surface area (Å²) in [4.78, 5) is 1.39. The summed E-state index contributed by atoms with van der Waals surface area (Å²) in [7, 11) is 2.04. The molecule has 0 aliphatic rings. The maximum atomic E-state index is 3.61. The van der Waals surface area contributed by atoms with Crippen molar-refractivity contribution in [2.24, 2.45) is 0 Å². The Labute approximate surface area is 128 Å². The van der Waals surface area contributed by atoms with Crippen LogP contribution in [-0.4, -0.2) is 7.05 Å². The van der Waals surface area contributed by atoms with Gasteiger partial charge in [0.2, 0.25) is 0 Å². The lowest BCUT2D eigenvalue weighted by Crippen LogP contribution is -2.17. The Balaban J connectivity index is 2.21. The summed E-state index contributed by atoms with van der Waals surface area (Å²) in [5.74, 6) is 0. The number of hydrogen-bond acceptors (Lipinski definition) is 2. The van der Waals surface area contributed by atoms with E-state index in [0.717, 1.165) is 6.42 Å². The lowest BCUT2D eigenvalue weighted by atomic mass is 10.00. The molecule has 0 aliphatic heterocycles. The number of aryl methyl sites for hydroxylation is 3. The predicted octanol–water partition coefficient (Wildman–Crippen LogP) is 4.94. The Morgan fingerprint density at radius 1 is 1.11 bits per heavy atom. The molecule has 1 nitrogen and oxygen atoms in total. The molecule has 0 spiro atoms. The third kappa shape index (κ3) is 3.47. The van der Waals surface area contributed by atoms with Crippen molar-refractivity contribution < 1.29 is 0 Å². The largest absolute Gasteiger partial charge is 0.312 e. The molecule has 0 saturated heterocycles. The Morgan fingerprint density at radius 2 is 1.84 bits per heavy atom. The van der Waals surface area contributed by atoms with Gasteiger partial charge in [-0.15, -0.1) is 11.3 Å². The van der Waals surface area contributed by atoms with Gasteiger partial charge in [-0.2, -0.15) is 0 Å². The zero-order valence-corrected chi connectivity index (χ0v) is 14.3. The molecular weight excluding hydrogens is 318 g/mol. The van der Waals surface area contributed by atoms with Crippen LogP contribution in [0.5, 0.6) is 0 Å². The average molecular weight is 338 g/mol. The Hall–Kier alpha value is -0.640. The number of benzene rings is 1. The van der Waals surface area contributed by atoms with E-state index >= 15 is 0 Å². The molecule has 0 amide bonds. The standard InChI is InChI=1S/C16H20BrNS/c1-10-5-6-13(7-11(10)2)9-14(18-4)15-8-12(3)16(17)19-15/h5-8,14,18H,9H2,1-4H3. The number of likely N-dealkylation sites (N-methyl/N-ethyl adjacent to an activating group) is 1. The number of hydrogen-bond donors (Lipinski definition) is 1. The molecule has 3 heteroatoms. The van der Waals surface area contributed by atoms with Crippen LogP contribution in [0.3, 0.4) is 0 Å². The second-order valence-corrected chi connectivity index (χ2v) is 7.47. The Morgan fingerprint density at radius 3 is 2.37 bits per heavy atom. The highest BCUT2D eigenvalue weighted by Gasteiger charge is 2.14. The van der Waals surface area contributed by atoms with E-state index in [9.17, 15) is 0 Å². The van der Waals surface area contributed by atoms with Crippen LogP contribution in [-0.2, 0) is 6.42 Å². The van der Waals surface area contributed by atoms with E-state index in [0.29, 0.717) is 6.04 Å². The summed E-state index contributed by atoms with van der Waals surface area (Å²) in [5.41, 5.74) is 5.44. The van der Waals surface area contributed by atoms with Gasteiger partial charge >= 0.3 is 0 Å². The van der Waals surface area contributed by atoms with Gasteiger partial charge in [0.25, 0.3) is 0 Å². The average Bonchev–Trinajstić information content (AvgIpc) is 2.71. The van der Waals surface area contributed by atoms with Gasteiger partial charge in [0.1, 0.15) is 0 Å². The molecule has 0 saturated carbocycles. The molecule has 1 N–H and O–H groups in total. The zero-order valence-electron chi connectivity index (χ0n) is 11.9. The first-order chi connectivity index (χ1) is 9.01. The van der Waals surface area contributed by atoms with E-state index in [2.05, 4.69) is 66.3 Å². The molecule has 0 bridgehead atoms. The molecule has 0 fully saturated rings. The molecule has 0 aliphatic carbocycles. The number of thiophene rings is 1. The second kappa shape index (κ2) is 6.21. The normalized spacial score (nSPS) is 12.7. The van der Waals surface area contributed by atoms with Crippen molar-refractivity contribution in [3.8, 4) is 0 Å². The third-order valence-electron chi connectivity index (χ3n) is 3.58. The van der Waals surface area contributed by atoms with E-state index in [1.165, 1.54) is 30.9 Å². The summed E-state index contributed by atoms with van der Waals surface area (Å²) in [5, 5.41) is 3.43. The van der Waals surface area contributed by atoms with Crippen LogP contribution in [0.4, 0.5) is 0 Å². The molecule has 1 atom stereocenters. The summed E-state index contributed by atoms with van der Waals surface area (Å²) < 4.78 is 1.24. The monoisotopic (exact) mass is 337 g/mol. The highest BCUT2D eigenvalue weighted by Crippen LogP contribution is 2.32. The SMILES string of the molecule is CNC(Cc1ccc(C)c(C)c1)c1cc(C)c(Br)s1. The van der Waals surface area contributed by atoms with Crippen molar-refractivity contribution in [2.45, 2.75) is 33.2 Å². The van der Waals surface area contributed by atoms with Gasteiger partial charge in [-0.3, -0.25) is 0 Å². The van der Waals surface area contributed by atoms with Crippen LogP contribution in [0.2, 0.25) is 0 Å². The summed E-state index contributed by atoms with van der Waals surface area (Å²) in [6.45, 7) is 6.49. The zero-order chi connectivity index (χ0) is 14.0. The van der Waals surface area contributed by atoms with Crippen LogP contribution in [0.15, 0.2) is 28.1 Å². The first-order valence-corrected chi connectivity index (χ1v) is 8.11. The second-order valence-electron chi connectivity index (χ2n) is 5.07. The summed E-state index contributed by atoms with van der Waals surface area (Å²) >= 11 is 5.44. The maximum Gasteiger partial charge on any atom is 0.0731 e. The molecule has 1 aromatic carbocycles. The Bertz CT molecular complexity index is 555. The van der Waals surface area contributed by atoms with E-state index in [1.54, 1.807) is 0 Å². The quantitative estimate of drug-likeness (QED) is 0.833. The first-order valence-electron chi connectivity index (χ1n) is 6.50. The van der Waals surface area contributed by atoms with Crippen LogP contribution in [0.1, 0.15) is 33.2 Å². The summed E-state index contributed by atoms with van der Waals surface area (Å²) in [6, 6.07) is 9.42. The molecule has 1 unspecified atom stereocenters. The Kier molecular flexibility index (Phi) is 4.82. The van der Waals surface area contributed by atoms with Gasteiger partial charge in [0.15, 0.2) is 0 Å². The fraction of sp³-hybridized carbons (Fsp3) is 0.375. The minimum Gasteiger partial charge on any atom is -0.312 e. The first kappa shape index (κ1) is 14.8. The maximum absolute atomic E-state index is 3.61. The molecule has 19 heavy (non-hydrogen) atoms. The smallest absolute Gasteiger partial charge is 0.0731 e. The van der Waals surface area contributed by atoms with Crippen LogP contribution >= 0.6 is 27.3 Å². The fourth-order valence-electron chi connectivity index (χ4n) is 2.17. The van der Waals surface area contributed by atoms with Gasteiger partial charge in [0, 0.05) is 10.9 Å². The highest BCUT2D eigenvalue weighted by molar-refractivity contribution is 9.11. The van der Waals surface area contributed by atoms with Gasteiger partial charge in [-0.25, -0.2) is 0 Å². The van der Waals surface area contributed by atoms with E-state index in [1.807, 2.05) is 18.4 Å². The van der Waals surface area contributed by atoms with Crippen molar-refractivity contribution in [3.05, 3.63) is 55.2 Å². The molecule has 1 aromatic heterocycles. The van der Waals surface area contributed by atoms with Crippen molar-refractivity contribution in [3.63, 3.8) is 0 Å². The lowest BCUT2D eigenvalue weighted by Gasteiger charge is -2.15. The molecular formula is C16H20BrNS. The summed E-state index contributed by atoms with van der Waals surface area (Å²) in [6.07, 6.45) is 1.03. The number of nitrogens with one attached hydrogen (secondary N) is 1.